The van der Waals surface area contributed by atoms with Gasteiger partial charge >= 0.3 is 0 Å². The van der Waals surface area contributed by atoms with Gasteiger partial charge in [-0.3, -0.25) is 9.69 Å². The first-order valence-corrected chi connectivity index (χ1v) is 10.0. The lowest BCUT2D eigenvalue weighted by atomic mass is 9.77. The highest BCUT2D eigenvalue weighted by Crippen LogP contribution is 2.42. The molecule has 25 heavy (non-hydrogen) atoms. The lowest BCUT2D eigenvalue weighted by Gasteiger charge is -2.42. The highest BCUT2D eigenvalue weighted by Gasteiger charge is 2.49. The van der Waals surface area contributed by atoms with Gasteiger partial charge in [-0.1, -0.05) is 12.8 Å². The summed E-state index contributed by atoms with van der Waals surface area (Å²) < 4.78 is 2.14. The Kier molecular flexibility index (Phi) is 4.56. The van der Waals surface area contributed by atoms with E-state index in [1.165, 1.54) is 25.7 Å². The number of likely N-dealkylation sites (tertiary alicyclic amines) is 2. The average molecular weight is 345 g/mol. The van der Waals surface area contributed by atoms with Crippen LogP contribution in [0.1, 0.15) is 70.7 Å². The van der Waals surface area contributed by atoms with Crippen LogP contribution in [0.5, 0.6) is 0 Å². The van der Waals surface area contributed by atoms with Crippen LogP contribution in [0.4, 0.5) is 0 Å². The molecule has 1 atom stereocenters. The van der Waals surface area contributed by atoms with Gasteiger partial charge in [0.1, 0.15) is 12.2 Å². The summed E-state index contributed by atoms with van der Waals surface area (Å²) in [4.78, 5) is 18.0. The Bertz CT molecular complexity index is 621. The van der Waals surface area contributed by atoms with Crippen LogP contribution in [0.3, 0.4) is 0 Å². The van der Waals surface area contributed by atoms with E-state index in [1.54, 1.807) is 0 Å². The largest absolute Gasteiger partial charge is 0.339 e. The molecule has 3 aliphatic rings. The van der Waals surface area contributed by atoms with Crippen molar-refractivity contribution in [1.29, 1.82) is 0 Å². The summed E-state index contributed by atoms with van der Waals surface area (Å²) in [5, 5.41) is 8.39. The Morgan fingerprint density at radius 2 is 2.00 bits per heavy atom. The van der Waals surface area contributed by atoms with Crippen LogP contribution >= 0.6 is 0 Å². The first-order valence-electron chi connectivity index (χ1n) is 10.0. The predicted molar refractivity (Wildman–Crippen MR) is 95.9 cm³/mol. The maximum Gasteiger partial charge on any atom is 0.230 e. The summed E-state index contributed by atoms with van der Waals surface area (Å²) in [7, 11) is 0. The van der Waals surface area contributed by atoms with Gasteiger partial charge < -0.3 is 9.47 Å². The molecule has 1 aromatic rings. The Morgan fingerprint density at radius 3 is 2.76 bits per heavy atom. The van der Waals surface area contributed by atoms with Crippen LogP contribution in [-0.4, -0.2) is 56.1 Å². The van der Waals surface area contributed by atoms with Crippen LogP contribution in [-0.2, 0) is 11.3 Å². The van der Waals surface area contributed by atoms with E-state index in [0.717, 1.165) is 51.3 Å². The van der Waals surface area contributed by atoms with Crippen LogP contribution in [0.15, 0.2) is 6.33 Å². The number of amides is 1. The minimum absolute atomic E-state index is 0.135. The fraction of sp³-hybridized carbons (Fsp3) is 0.842. The molecule has 2 aliphatic heterocycles. The average Bonchev–Trinajstić information content (AvgIpc) is 3.32. The molecule has 0 aromatic carbocycles. The maximum atomic E-state index is 13.3. The van der Waals surface area contributed by atoms with Crippen LogP contribution in [0.2, 0.25) is 0 Å². The number of aromatic nitrogens is 3. The molecule has 4 rings (SSSR count). The van der Waals surface area contributed by atoms with Gasteiger partial charge in [0.25, 0.3) is 0 Å². The van der Waals surface area contributed by atoms with E-state index < -0.39 is 0 Å². The number of piperidine rings is 1. The summed E-state index contributed by atoms with van der Waals surface area (Å²) in [6.45, 7) is 7.98. The summed E-state index contributed by atoms with van der Waals surface area (Å²) in [6.07, 6.45) is 10.0. The van der Waals surface area contributed by atoms with Crippen molar-refractivity contribution in [2.75, 3.05) is 19.6 Å². The third-order valence-corrected chi connectivity index (χ3v) is 6.54. The summed E-state index contributed by atoms with van der Waals surface area (Å²) in [6, 6.07) is 0.887. The second kappa shape index (κ2) is 6.71. The second-order valence-corrected chi connectivity index (χ2v) is 8.53. The maximum absolute atomic E-state index is 13.3. The molecule has 0 N–H and O–H groups in total. The molecular weight excluding hydrogens is 314 g/mol. The van der Waals surface area contributed by atoms with E-state index in [2.05, 4.69) is 38.4 Å². The van der Waals surface area contributed by atoms with Gasteiger partial charge in [0.05, 0.1) is 12.0 Å². The van der Waals surface area contributed by atoms with E-state index >= 15 is 0 Å². The number of carbonyl (C=O) groups is 1. The molecule has 1 aliphatic carbocycles. The Balaban J connectivity index is 1.45. The van der Waals surface area contributed by atoms with Crippen molar-refractivity contribution in [3.05, 3.63) is 12.2 Å². The topological polar surface area (TPSA) is 54.3 Å². The number of hydrogen-bond acceptors (Lipinski definition) is 4. The normalized spacial score (nSPS) is 28.8. The molecule has 6 nitrogen and oxygen atoms in total. The molecule has 6 heteroatoms. The summed E-state index contributed by atoms with van der Waals surface area (Å²) in [5.41, 5.74) is -0.135. The van der Waals surface area contributed by atoms with E-state index in [-0.39, 0.29) is 5.41 Å². The van der Waals surface area contributed by atoms with Gasteiger partial charge in [0.15, 0.2) is 0 Å². The Labute approximate surface area is 150 Å². The van der Waals surface area contributed by atoms with E-state index in [0.29, 0.717) is 18.0 Å². The number of nitrogens with zero attached hydrogens (tertiary/aromatic N) is 5. The SMILES string of the molecule is CC(C)n1cnnc1CN1CC[C@@]2(CCCN(C3CCCC3)C2=O)C1. The molecule has 1 amide bonds. The quantitative estimate of drug-likeness (QED) is 0.842. The zero-order chi connectivity index (χ0) is 17.4. The highest BCUT2D eigenvalue weighted by molar-refractivity contribution is 5.84. The van der Waals surface area contributed by atoms with Crippen LogP contribution < -0.4 is 0 Å². The molecule has 2 saturated heterocycles. The molecule has 0 radical (unpaired) electrons. The Hall–Kier alpha value is -1.43. The minimum Gasteiger partial charge on any atom is -0.339 e. The summed E-state index contributed by atoms with van der Waals surface area (Å²) in [5.74, 6) is 1.46. The van der Waals surface area contributed by atoms with Gasteiger partial charge in [0.2, 0.25) is 5.91 Å². The molecule has 138 valence electrons. The van der Waals surface area contributed by atoms with Crippen molar-refractivity contribution in [3.8, 4) is 0 Å². The highest BCUT2D eigenvalue weighted by atomic mass is 16.2. The fourth-order valence-electron chi connectivity index (χ4n) is 5.15. The lowest BCUT2D eigenvalue weighted by molar-refractivity contribution is -0.148. The molecular formula is C19H31N5O. The lowest BCUT2D eigenvalue weighted by Crippen LogP contribution is -2.53. The van der Waals surface area contributed by atoms with E-state index in [1.807, 2.05) is 6.33 Å². The number of hydrogen-bond donors (Lipinski definition) is 0. The fourth-order valence-corrected chi connectivity index (χ4v) is 5.15. The zero-order valence-electron chi connectivity index (χ0n) is 15.7. The van der Waals surface area contributed by atoms with Crippen molar-refractivity contribution < 1.29 is 4.79 Å². The van der Waals surface area contributed by atoms with Crippen molar-refractivity contribution in [1.82, 2.24) is 24.6 Å². The van der Waals surface area contributed by atoms with Crippen LogP contribution in [0, 0.1) is 5.41 Å². The third-order valence-electron chi connectivity index (χ3n) is 6.54. The molecule has 1 spiro atoms. The standard InChI is InChI=1S/C19H31N5O/c1-15(2)24-14-20-21-17(24)12-22-11-9-19(13-22)8-5-10-23(18(19)25)16-6-3-4-7-16/h14-16H,3-13H2,1-2H3/t19-/m0/s1. The molecule has 0 unspecified atom stereocenters. The minimum atomic E-state index is -0.135. The molecule has 3 heterocycles. The van der Waals surface area contributed by atoms with Gasteiger partial charge in [0, 0.05) is 25.2 Å². The predicted octanol–water partition coefficient (Wildman–Crippen LogP) is 2.62. The van der Waals surface area contributed by atoms with Gasteiger partial charge in [-0.05, 0) is 52.5 Å². The molecule has 3 fully saturated rings. The van der Waals surface area contributed by atoms with Gasteiger partial charge in [-0.25, -0.2) is 0 Å². The van der Waals surface area contributed by atoms with Crippen molar-refractivity contribution in [3.63, 3.8) is 0 Å². The molecule has 1 aromatic heterocycles. The van der Waals surface area contributed by atoms with E-state index in [4.69, 9.17) is 0 Å². The monoisotopic (exact) mass is 345 g/mol. The Morgan fingerprint density at radius 1 is 1.20 bits per heavy atom. The third kappa shape index (κ3) is 3.09. The van der Waals surface area contributed by atoms with Crippen molar-refractivity contribution >= 4 is 5.91 Å². The van der Waals surface area contributed by atoms with Gasteiger partial charge in [-0.15, -0.1) is 10.2 Å². The second-order valence-electron chi connectivity index (χ2n) is 8.53. The molecule has 1 saturated carbocycles. The van der Waals surface area contributed by atoms with Crippen molar-refractivity contribution in [2.24, 2.45) is 5.41 Å². The zero-order valence-corrected chi connectivity index (χ0v) is 15.7. The first kappa shape index (κ1) is 17.0. The van der Waals surface area contributed by atoms with Crippen molar-refractivity contribution in [2.45, 2.75) is 77.4 Å². The van der Waals surface area contributed by atoms with Crippen LogP contribution in [0.25, 0.3) is 0 Å². The van der Waals surface area contributed by atoms with Gasteiger partial charge in [-0.2, -0.15) is 0 Å². The number of carbonyl (C=O) groups excluding carboxylic acids is 1. The summed E-state index contributed by atoms with van der Waals surface area (Å²) >= 11 is 0. The first-order chi connectivity index (χ1) is 12.1. The van der Waals surface area contributed by atoms with E-state index in [9.17, 15) is 4.79 Å². The smallest absolute Gasteiger partial charge is 0.230 e. The number of rotatable bonds is 4. The molecule has 0 bridgehead atoms.